The van der Waals surface area contributed by atoms with Crippen molar-refractivity contribution in [2.75, 3.05) is 0 Å². The van der Waals surface area contributed by atoms with E-state index in [-0.39, 0.29) is 11.9 Å². The molecule has 2 heterocycles. The Balaban J connectivity index is 1.74. The summed E-state index contributed by atoms with van der Waals surface area (Å²) in [5.74, 6) is 0.00920. The van der Waals surface area contributed by atoms with Crippen LogP contribution in [-0.2, 0) is 20.3 Å². The molecule has 1 aliphatic rings. The van der Waals surface area contributed by atoms with Gasteiger partial charge in [-0.3, -0.25) is 4.98 Å². The quantitative estimate of drug-likeness (QED) is 0.802. The second kappa shape index (κ2) is 4.75. The third-order valence-electron chi connectivity index (χ3n) is 3.03. The molecule has 98 valence electrons. The lowest BCUT2D eigenvalue weighted by Gasteiger charge is -2.01. The lowest BCUT2D eigenvalue weighted by Crippen LogP contribution is -2.11. The first-order chi connectivity index (χ1) is 9.17. The summed E-state index contributed by atoms with van der Waals surface area (Å²) in [6.45, 7) is 0. The molecule has 2 aromatic rings. The van der Waals surface area contributed by atoms with E-state index in [0.717, 1.165) is 11.1 Å². The van der Waals surface area contributed by atoms with E-state index in [1.165, 1.54) is 0 Å². The van der Waals surface area contributed by atoms with Crippen LogP contribution in [0.5, 0.6) is 0 Å². The average molecular weight is 275 g/mol. The van der Waals surface area contributed by atoms with Gasteiger partial charge in [0, 0.05) is 18.0 Å². The lowest BCUT2D eigenvalue weighted by atomic mass is 10.2. The maximum absolute atomic E-state index is 12.2. The van der Waals surface area contributed by atoms with E-state index < -0.39 is 15.3 Å². The molecule has 1 aliphatic heterocycles. The third kappa shape index (κ3) is 2.67. The van der Waals surface area contributed by atoms with Gasteiger partial charge in [-0.25, -0.2) is 8.42 Å². The van der Waals surface area contributed by atoms with Crippen LogP contribution >= 0.6 is 0 Å². The van der Waals surface area contributed by atoms with Crippen molar-refractivity contribution >= 4 is 9.84 Å². The van der Waals surface area contributed by atoms with Crippen LogP contribution in [0.3, 0.4) is 0 Å². The van der Waals surface area contributed by atoms with E-state index >= 15 is 0 Å². The van der Waals surface area contributed by atoms with Crippen LogP contribution in [0, 0.1) is 0 Å². The molecule has 1 saturated heterocycles. The summed E-state index contributed by atoms with van der Waals surface area (Å²) >= 11 is 0. The Morgan fingerprint density at radius 1 is 1.11 bits per heavy atom. The zero-order chi connectivity index (χ0) is 13.3. The van der Waals surface area contributed by atoms with Crippen molar-refractivity contribution < 1.29 is 13.2 Å². The number of nitrogens with zero attached hydrogens (tertiary/aromatic N) is 1. The van der Waals surface area contributed by atoms with E-state index in [0.29, 0.717) is 0 Å². The smallest absolute Gasteiger partial charge is 0.190 e. The Bertz CT molecular complexity index is 656. The Morgan fingerprint density at radius 2 is 1.89 bits per heavy atom. The van der Waals surface area contributed by atoms with E-state index in [1.54, 1.807) is 30.6 Å². The first-order valence-corrected chi connectivity index (χ1v) is 7.69. The van der Waals surface area contributed by atoms with Crippen LogP contribution in [0.15, 0.2) is 54.9 Å². The minimum absolute atomic E-state index is 0.00920. The Kier molecular flexibility index (Phi) is 3.08. The molecular formula is C14H13NO3S. The van der Waals surface area contributed by atoms with Crippen LogP contribution in [0.1, 0.15) is 17.2 Å². The number of aromatic nitrogens is 1. The zero-order valence-electron chi connectivity index (χ0n) is 10.1. The van der Waals surface area contributed by atoms with Crippen LogP contribution < -0.4 is 0 Å². The molecule has 4 nitrogen and oxygen atoms in total. The van der Waals surface area contributed by atoms with Crippen molar-refractivity contribution in [3.05, 3.63) is 66.0 Å². The molecule has 1 aromatic carbocycles. The van der Waals surface area contributed by atoms with Crippen molar-refractivity contribution in [2.45, 2.75) is 17.3 Å². The van der Waals surface area contributed by atoms with Crippen LogP contribution in [0.25, 0.3) is 0 Å². The van der Waals surface area contributed by atoms with E-state index in [9.17, 15) is 8.42 Å². The Morgan fingerprint density at radius 3 is 2.58 bits per heavy atom. The maximum atomic E-state index is 12.2. The number of epoxide rings is 1. The van der Waals surface area contributed by atoms with Gasteiger partial charge in [0.1, 0.15) is 6.10 Å². The highest BCUT2D eigenvalue weighted by atomic mass is 32.2. The van der Waals surface area contributed by atoms with Crippen molar-refractivity contribution in [1.29, 1.82) is 0 Å². The number of rotatable bonds is 4. The number of benzene rings is 1. The Hall–Kier alpha value is -1.72. The van der Waals surface area contributed by atoms with Gasteiger partial charge >= 0.3 is 0 Å². The third-order valence-corrected chi connectivity index (χ3v) is 4.83. The molecule has 0 saturated carbocycles. The highest BCUT2D eigenvalue weighted by Crippen LogP contribution is 2.42. The van der Waals surface area contributed by atoms with Crippen LogP contribution in [0.2, 0.25) is 0 Å². The lowest BCUT2D eigenvalue weighted by molar-refractivity contribution is 0.398. The first kappa shape index (κ1) is 12.3. The number of hydrogen-bond donors (Lipinski definition) is 0. The van der Waals surface area contributed by atoms with Crippen molar-refractivity contribution in [1.82, 2.24) is 4.98 Å². The summed E-state index contributed by atoms with van der Waals surface area (Å²) in [4.78, 5) is 3.97. The summed E-state index contributed by atoms with van der Waals surface area (Å²) in [7, 11) is -3.29. The standard InChI is InChI=1S/C14H13NO3S/c16-19(17,10-11-5-2-1-3-6-11)14-13(18-14)12-7-4-8-15-9-12/h1-9,13-14H,10H2/t13-,14-/m0/s1. The highest BCUT2D eigenvalue weighted by molar-refractivity contribution is 7.91. The number of ether oxygens (including phenoxy) is 1. The van der Waals surface area contributed by atoms with Gasteiger partial charge in [-0.2, -0.15) is 0 Å². The highest BCUT2D eigenvalue weighted by Gasteiger charge is 2.50. The zero-order valence-corrected chi connectivity index (χ0v) is 11.0. The van der Waals surface area contributed by atoms with Gasteiger partial charge in [0.05, 0.1) is 5.75 Å². The predicted octanol–water partition coefficient (Wildman–Crippen LogP) is 2.09. The minimum atomic E-state index is -3.29. The van der Waals surface area contributed by atoms with Gasteiger partial charge in [0.25, 0.3) is 0 Å². The van der Waals surface area contributed by atoms with Gasteiger partial charge in [-0.05, 0) is 11.6 Å². The molecule has 0 aliphatic carbocycles. The van der Waals surface area contributed by atoms with Gasteiger partial charge in [-0.1, -0.05) is 36.4 Å². The minimum Gasteiger partial charge on any atom is -0.347 e. The number of pyridine rings is 1. The Labute approximate surface area is 112 Å². The summed E-state index contributed by atoms with van der Waals surface area (Å²) in [5, 5.41) is 0. The molecule has 0 radical (unpaired) electrons. The van der Waals surface area contributed by atoms with Crippen molar-refractivity contribution in [3.8, 4) is 0 Å². The molecule has 3 rings (SSSR count). The van der Waals surface area contributed by atoms with Gasteiger partial charge in [0.2, 0.25) is 0 Å². The summed E-state index contributed by atoms with van der Waals surface area (Å²) < 4.78 is 29.7. The first-order valence-electron chi connectivity index (χ1n) is 5.98. The largest absolute Gasteiger partial charge is 0.347 e. The predicted molar refractivity (Wildman–Crippen MR) is 70.9 cm³/mol. The molecule has 0 unspecified atom stereocenters. The molecule has 5 heteroatoms. The number of hydrogen-bond acceptors (Lipinski definition) is 4. The fraction of sp³-hybridized carbons (Fsp3) is 0.214. The topological polar surface area (TPSA) is 59.6 Å². The van der Waals surface area contributed by atoms with E-state index in [2.05, 4.69) is 4.98 Å². The molecule has 19 heavy (non-hydrogen) atoms. The SMILES string of the molecule is O=S(=O)(Cc1ccccc1)[C@@H]1O[C@H]1c1cccnc1. The monoisotopic (exact) mass is 275 g/mol. The van der Waals surface area contributed by atoms with Gasteiger partial charge in [-0.15, -0.1) is 0 Å². The van der Waals surface area contributed by atoms with E-state index in [4.69, 9.17) is 4.74 Å². The summed E-state index contributed by atoms with van der Waals surface area (Å²) in [5.41, 5.74) is 0.851. The molecule has 2 atom stereocenters. The second-order valence-corrected chi connectivity index (χ2v) is 6.58. The summed E-state index contributed by atoms with van der Waals surface area (Å²) in [6.07, 6.45) is 2.92. The molecule has 0 spiro atoms. The fourth-order valence-electron chi connectivity index (χ4n) is 2.04. The molecule has 1 aromatic heterocycles. The van der Waals surface area contributed by atoms with Crippen LogP contribution in [0.4, 0.5) is 0 Å². The molecular weight excluding hydrogens is 262 g/mol. The fourth-order valence-corrected chi connectivity index (χ4v) is 3.68. The van der Waals surface area contributed by atoms with E-state index in [1.807, 2.05) is 24.3 Å². The normalized spacial score (nSPS) is 22.1. The molecule has 0 bridgehead atoms. The summed E-state index contributed by atoms with van der Waals surface area (Å²) in [6, 6.07) is 12.7. The molecule has 0 N–H and O–H groups in total. The average Bonchev–Trinajstić information content (AvgIpc) is 3.21. The van der Waals surface area contributed by atoms with Gasteiger partial charge in [0.15, 0.2) is 15.3 Å². The maximum Gasteiger partial charge on any atom is 0.190 e. The van der Waals surface area contributed by atoms with Gasteiger partial charge < -0.3 is 4.74 Å². The second-order valence-electron chi connectivity index (χ2n) is 4.50. The van der Waals surface area contributed by atoms with Crippen molar-refractivity contribution in [2.24, 2.45) is 0 Å². The molecule has 0 amide bonds. The van der Waals surface area contributed by atoms with Crippen molar-refractivity contribution in [3.63, 3.8) is 0 Å². The number of sulfone groups is 1. The molecule has 1 fully saturated rings. The van der Waals surface area contributed by atoms with Crippen LogP contribution in [-0.4, -0.2) is 18.8 Å².